The van der Waals surface area contributed by atoms with E-state index in [9.17, 15) is 8.42 Å². The van der Waals surface area contributed by atoms with Crippen LogP contribution >= 0.6 is 0 Å². The average molecular weight is 294 g/mol. The molecule has 2 aromatic rings. The fourth-order valence-corrected chi connectivity index (χ4v) is 3.18. The van der Waals surface area contributed by atoms with Crippen LogP contribution in [-0.4, -0.2) is 31.5 Å². The summed E-state index contributed by atoms with van der Waals surface area (Å²) in [7, 11) is -1.84. The maximum Gasteiger partial charge on any atom is 0.182 e. The maximum absolute atomic E-state index is 11.8. The fraction of sp³-hybridized carbons (Fsp3) is 0.308. The summed E-state index contributed by atoms with van der Waals surface area (Å²) < 4.78 is 25.1. The molecule has 20 heavy (non-hydrogen) atoms. The number of sulfone groups is 1. The van der Waals surface area contributed by atoms with Gasteiger partial charge in [-0.15, -0.1) is 5.10 Å². The smallest absolute Gasteiger partial charge is 0.182 e. The molecule has 3 N–H and O–H groups in total. The SMILES string of the molecule is CNc1nn(-c2cc(C)cc(C)c2)c(N)c1S(C)(=O)=O. The highest BCUT2D eigenvalue weighted by Crippen LogP contribution is 2.29. The normalized spacial score (nSPS) is 11.6. The molecule has 108 valence electrons. The Morgan fingerprint density at radius 3 is 2.15 bits per heavy atom. The van der Waals surface area contributed by atoms with E-state index in [1.54, 1.807) is 7.05 Å². The molecule has 0 aliphatic rings. The number of aryl methyl sites for hydroxylation is 2. The molecule has 6 nitrogen and oxygen atoms in total. The van der Waals surface area contributed by atoms with E-state index in [2.05, 4.69) is 10.4 Å². The number of anilines is 2. The molecule has 2 rings (SSSR count). The number of hydrogen-bond donors (Lipinski definition) is 2. The van der Waals surface area contributed by atoms with Gasteiger partial charge in [0.05, 0.1) is 5.69 Å². The highest BCUT2D eigenvalue weighted by molar-refractivity contribution is 7.91. The second-order valence-electron chi connectivity index (χ2n) is 4.84. The predicted octanol–water partition coefficient (Wildman–Crippen LogP) is 1.52. The summed E-state index contributed by atoms with van der Waals surface area (Å²) in [6.45, 7) is 3.93. The Labute approximate surface area is 118 Å². The topological polar surface area (TPSA) is 90.0 Å². The lowest BCUT2D eigenvalue weighted by Gasteiger charge is -2.07. The van der Waals surface area contributed by atoms with Crippen LogP contribution in [0.15, 0.2) is 23.1 Å². The maximum atomic E-state index is 11.8. The van der Waals surface area contributed by atoms with Crippen molar-refractivity contribution >= 4 is 21.5 Å². The quantitative estimate of drug-likeness (QED) is 0.895. The van der Waals surface area contributed by atoms with Gasteiger partial charge < -0.3 is 11.1 Å². The van der Waals surface area contributed by atoms with Crippen LogP contribution in [0.25, 0.3) is 5.69 Å². The number of nitrogens with two attached hydrogens (primary N) is 1. The second kappa shape index (κ2) is 4.82. The van der Waals surface area contributed by atoms with Crippen LogP contribution in [-0.2, 0) is 9.84 Å². The van der Waals surface area contributed by atoms with Crippen molar-refractivity contribution in [1.82, 2.24) is 9.78 Å². The van der Waals surface area contributed by atoms with Crippen molar-refractivity contribution in [2.75, 3.05) is 24.4 Å². The Morgan fingerprint density at radius 2 is 1.75 bits per heavy atom. The molecule has 0 aliphatic carbocycles. The highest BCUT2D eigenvalue weighted by Gasteiger charge is 2.24. The average Bonchev–Trinajstić information content (AvgIpc) is 2.64. The first-order chi connectivity index (χ1) is 9.24. The van der Waals surface area contributed by atoms with E-state index in [1.165, 1.54) is 4.68 Å². The molecule has 0 aliphatic heterocycles. The first kappa shape index (κ1) is 14.4. The number of aromatic nitrogens is 2. The zero-order valence-corrected chi connectivity index (χ0v) is 12.7. The van der Waals surface area contributed by atoms with E-state index in [0.717, 1.165) is 23.1 Å². The lowest BCUT2D eigenvalue weighted by Crippen LogP contribution is -2.06. The molecule has 7 heteroatoms. The van der Waals surface area contributed by atoms with Crippen molar-refractivity contribution in [1.29, 1.82) is 0 Å². The van der Waals surface area contributed by atoms with Gasteiger partial charge >= 0.3 is 0 Å². The molecular formula is C13H18N4O2S. The Hall–Kier alpha value is -2.02. The van der Waals surface area contributed by atoms with E-state index in [1.807, 2.05) is 32.0 Å². The molecule has 0 radical (unpaired) electrons. The molecule has 0 bridgehead atoms. The Kier molecular flexibility index (Phi) is 3.47. The van der Waals surface area contributed by atoms with Crippen molar-refractivity contribution in [2.45, 2.75) is 18.7 Å². The van der Waals surface area contributed by atoms with Crippen molar-refractivity contribution in [2.24, 2.45) is 0 Å². The van der Waals surface area contributed by atoms with Gasteiger partial charge in [-0.05, 0) is 37.1 Å². The fourth-order valence-electron chi connectivity index (χ4n) is 2.22. The molecule has 1 aromatic carbocycles. The van der Waals surface area contributed by atoms with Gasteiger partial charge in [0.25, 0.3) is 0 Å². The van der Waals surface area contributed by atoms with Crippen molar-refractivity contribution < 1.29 is 8.42 Å². The number of nitrogen functional groups attached to an aromatic ring is 1. The van der Waals surface area contributed by atoms with E-state index < -0.39 is 9.84 Å². The lowest BCUT2D eigenvalue weighted by molar-refractivity contribution is 0.602. The predicted molar refractivity (Wildman–Crippen MR) is 80.1 cm³/mol. The van der Waals surface area contributed by atoms with Gasteiger partial charge in [-0.2, -0.15) is 0 Å². The van der Waals surface area contributed by atoms with Crippen LogP contribution in [0.5, 0.6) is 0 Å². The van der Waals surface area contributed by atoms with Crippen LogP contribution in [0.1, 0.15) is 11.1 Å². The molecule has 0 spiro atoms. The van der Waals surface area contributed by atoms with Crippen molar-refractivity contribution in [3.8, 4) is 5.69 Å². The minimum atomic E-state index is -3.45. The van der Waals surface area contributed by atoms with E-state index >= 15 is 0 Å². The molecule has 0 saturated carbocycles. The first-order valence-electron chi connectivity index (χ1n) is 6.09. The zero-order chi connectivity index (χ0) is 15.1. The van der Waals surface area contributed by atoms with Crippen LogP contribution in [0, 0.1) is 13.8 Å². The summed E-state index contributed by atoms with van der Waals surface area (Å²) in [5.74, 6) is 0.367. The second-order valence-corrected chi connectivity index (χ2v) is 6.80. The van der Waals surface area contributed by atoms with Gasteiger partial charge in [-0.1, -0.05) is 6.07 Å². The summed E-state index contributed by atoms with van der Waals surface area (Å²) in [5, 5.41) is 7.02. The zero-order valence-electron chi connectivity index (χ0n) is 11.9. The van der Waals surface area contributed by atoms with Gasteiger partial charge in [-0.3, -0.25) is 0 Å². The lowest BCUT2D eigenvalue weighted by atomic mass is 10.1. The van der Waals surface area contributed by atoms with Gasteiger partial charge in [-0.25, -0.2) is 13.1 Å². The number of nitrogens with zero attached hydrogens (tertiary/aromatic N) is 2. The minimum absolute atomic E-state index is 0.0270. The molecule has 0 amide bonds. The van der Waals surface area contributed by atoms with E-state index in [-0.39, 0.29) is 16.5 Å². The van der Waals surface area contributed by atoms with Gasteiger partial charge in [0.15, 0.2) is 20.6 Å². The third-order valence-electron chi connectivity index (χ3n) is 2.93. The molecule has 1 heterocycles. The van der Waals surface area contributed by atoms with Crippen molar-refractivity contribution in [3.05, 3.63) is 29.3 Å². The number of benzene rings is 1. The Morgan fingerprint density at radius 1 is 1.20 bits per heavy atom. The first-order valence-corrected chi connectivity index (χ1v) is 7.98. The Bertz CT molecular complexity index is 743. The third-order valence-corrected chi connectivity index (χ3v) is 4.08. The van der Waals surface area contributed by atoms with Gasteiger partial charge in [0.1, 0.15) is 5.82 Å². The molecule has 0 atom stereocenters. The largest absolute Gasteiger partial charge is 0.382 e. The summed E-state index contributed by atoms with van der Waals surface area (Å²) in [6.07, 6.45) is 1.12. The molecule has 1 aromatic heterocycles. The number of hydrogen-bond acceptors (Lipinski definition) is 5. The summed E-state index contributed by atoms with van der Waals surface area (Å²) in [5.41, 5.74) is 8.84. The van der Waals surface area contributed by atoms with Crippen LogP contribution in [0.4, 0.5) is 11.6 Å². The minimum Gasteiger partial charge on any atom is -0.382 e. The van der Waals surface area contributed by atoms with Crippen LogP contribution in [0.3, 0.4) is 0 Å². The number of rotatable bonds is 3. The van der Waals surface area contributed by atoms with Gasteiger partial charge in [0.2, 0.25) is 0 Å². The van der Waals surface area contributed by atoms with E-state index in [0.29, 0.717) is 0 Å². The molecular weight excluding hydrogens is 276 g/mol. The summed E-state index contributed by atoms with van der Waals surface area (Å²) >= 11 is 0. The number of nitrogens with one attached hydrogen (secondary N) is 1. The van der Waals surface area contributed by atoms with Crippen LogP contribution in [0.2, 0.25) is 0 Å². The summed E-state index contributed by atoms with van der Waals surface area (Å²) in [4.78, 5) is 0.0270. The van der Waals surface area contributed by atoms with E-state index in [4.69, 9.17) is 5.73 Å². The summed E-state index contributed by atoms with van der Waals surface area (Å²) in [6, 6.07) is 5.84. The van der Waals surface area contributed by atoms with Crippen molar-refractivity contribution in [3.63, 3.8) is 0 Å². The monoisotopic (exact) mass is 294 g/mol. The third kappa shape index (κ3) is 2.49. The highest BCUT2D eigenvalue weighted by atomic mass is 32.2. The Balaban J connectivity index is 2.73. The molecule has 0 saturated heterocycles. The molecule has 0 fully saturated rings. The molecule has 0 unspecified atom stereocenters. The van der Waals surface area contributed by atoms with Crippen LogP contribution < -0.4 is 11.1 Å². The van der Waals surface area contributed by atoms with Gasteiger partial charge in [0, 0.05) is 13.3 Å². The standard InChI is InChI=1S/C13H18N4O2S/c1-8-5-9(2)7-10(6-8)17-12(14)11(20(4,18)19)13(15-3)16-17/h5-7H,14H2,1-4H3,(H,15,16).